The molecule has 0 spiro atoms. The number of thioether (sulfide) groups is 1. The third-order valence-corrected chi connectivity index (χ3v) is 7.25. The van der Waals surface area contributed by atoms with E-state index in [1.54, 1.807) is 9.47 Å². The van der Waals surface area contributed by atoms with E-state index < -0.39 is 5.25 Å². The van der Waals surface area contributed by atoms with Crippen molar-refractivity contribution < 1.29 is 4.79 Å². The van der Waals surface area contributed by atoms with E-state index in [1.165, 1.54) is 11.8 Å². The molecule has 0 N–H and O–H groups in total. The molecule has 0 bridgehead atoms. The van der Waals surface area contributed by atoms with Gasteiger partial charge in [-0.3, -0.25) is 18.6 Å². The minimum atomic E-state index is -0.409. The molecule has 0 aliphatic rings. The van der Waals surface area contributed by atoms with Crippen LogP contribution in [0.3, 0.4) is 0 Å². The number of hydrogen-bond acceptors (Lipinski definition) is 5. The Labute approximate surface area is 213 Å². The molecule has 5 rings (SSSR count). The maximum atomic E-state index is 13.5. The highest BCUT2D eigenvalue weighted by molar-refractivity contribution is 8.00. The first kappa shape index (κ1) is 23.8. The molecule has 5 aromatic rings. The number of aromatic nitrogens is 4. The molecule has 0 saturated heterocycles. The second-order valence-corrected chi connectivity index (χ2v) is 10.00. The maximum absolute atomic E-state index is 13.5. The Morgan fingerprint density at radius 1 is 0.972 bits per heavy atom. The van der Waals surface area contributed by atoms with E-state index in [2.05, 4.69) is 10.2 Å². The highest BCUT2D eigenvalue weighted by Crippen LogP contribution is 2.27. The summed E-state index contributed by atoms with van der Waals surface area (Å²) in [6, 6.07) is 25.2. The number of aryl methyl sites for hydroxylation is 1. The fourth-order valence-electron chi connectivity index (χ4n) is 4.33. The summed E-state index contributed by atoms with van der Waals surface area (Å²) in [6.45, 7) is 6.82. The third kappa shape index (κ3) is 4.40. The number of amides is 1. The molecule has 1 atom stereocenters. The van der Waals surface area contributed by atoms with E-state index in [-0.39, 0.29) is 11.5 Å². The third-order valence-electron chi connectivity index (χ3n) is 6.22. The molecule has 1 amide bonds. The van der Waals surface area contributed by atoms with Crippen LogP contribution >= 0.6 is 11.8 Å². The normalized spacial score (nSPS) is 12.2. The number of nitrogens with zero attached hydrogens (tertiary/aromatic N) is 5. The summed E-state index contributed by atoms with van der Waals surface area (Å²) in [5, 5.41) is 9.58. The van der Waals surface area contributed by atoms with Crippen LogP contribution in [-0.2, 0) is 11.3 Å². The SMILES string of the molecule is CCN(C(=O)[C@@H](C)Sc1nnc2n(Cc3ccc(C)cc3)c(=O)c3ccccc3n12)c1ccccc1. The lowest BCUT2D eigenvalue weighted by molar-refractivity contribution is -0.117. The van der Waals surface area contributed by atoms with Gasteiger partial charge in [0.2, 0.25) is 11.7 Å². The van der Waals surface area contributed by atoms with Crippen LogP contribution in [0.2, 0.25) is 0 Å². The van der Waals surface area contributed by atoms with E-state index >= 15 is 0 Å². The van der Waals surface area contributed by atoms with Gasteiger partial charge in [0.25, 0.3) is 5.56 Å². The summed E-state index contributed by atoms with van der Waals surface area (Å²) in [7, 11) is 0. The van der Waals surface area contributed by atoms with Crippen LogP contribution in [0, 0.1) is 6.92 Å². The Balaban J connectivity index is 1.56. The van der Waals surface area contributed by atoms with Gasteiger partial charge in [0.1, 0.15) is 0 Å². The predicted molar refractivity (Wildman–Crippen MR) is 145 cm³/mol. The molecule has 36 heavy (non-hydrogen) atoms. The Bertz CT molecular complexity index is 1590. The molecule has 0 saturated carbocycles. The maximum Gasteiger partial charge on any atom is 0.263 e. The molecule has 8 heteroatoms. The number of carbonyl (C=O) groups is 1. The lowest BCUT2D eigenvalue weighted by atomic mass is 10.1. The first-order chi connectivity index (χ1) is 17.5. The lowest BCUT2D eigenvalue weighted by Crippen LogP contribution is -2.36. The van der Waals surface area contributed by atoms with Crippen LogP contribution in [0.1, 0.15) is 25.0 Å². The molecule has 182 valence electrons. The summed E-state index contributed by atoms with van der Waals surface area (Å²) in [4.78, 5) is 28.6. The van der Waals surface area contributed by atoms with Crippen LogP contribution in [0.15, 0.2) is 88.8 Å². The predicted octanol–water partition coefficient (Wildman–Crippen LogP) is 4.93. The van der Waals surface area contributed by atoms with Crippen LogP contribution < -0.4 is 10.5 Å². The zero-order valence-electron chi connectivity index (χ0n) is 20.5. The van der Waals surface area contributed by atoms with Gasteiger partial charge in [-0.05, 0) is 50.6 Å². The van der Waals surface area contributed by atoms with Crippen molar-refractivity contribution in [3.05, 3.63) is 100 Å². The highest BCUT2D eigenvalue weighted by Gasteiger charge is 2.25. The fraction of sp³-hybridized carbons (Fsp3) is 0.214. The molecule has 2 aromatic heterocycles. The summed E-state index contributed by atoms with van der Waals surface area (Å²) in [5.41, 5.74) is 3.63. The van der Waals surface area contributed by atoms with Crippen molar-refractivity contribution in [2.75, 3.05) is 11.4 Å². The number of rotatable bonds is 7. The van der Waals surface area contributed by atoms with Crippen molar-refractivity contribution in [3.8, 4) is 0 Å². The first-order valence-corrected chi connectivity index (χ1v) is 12.8. The molecule has 3 aromatic carbocycles. The monoisotopic (exact) mass is 497 g/mol. The number of carbonyl (C=O) groups excluding carboxylic acids is 1. The lowest BCUT2D eigenvalue weighted by Gasteiger charge is -2.24. The largest absolute Gasteiger partial charge is 0.312 e. The summed E-state index contributed by atoms with van der Waals surface area (Å²) >= 11 is 1.35. The van der Waals surface area contributed by atoms with Crippen molar-refractivity contribution >= 4 is 40.0 Å². The minimum absolute atomic E-state index is 0.0114. The van der Waals surface area contributed by atoms with E-state index in [9.17, 15) is 9.59 Å². The average Bonchev–Trinajstić information content (AvgIpc) is 3.32. The molecular weight excluding hydrogens is 470 g/mol. The van der Waals surface area contributed by atoms with Gasteiger partial charge >= 0.3 is 0 Å². The Kier molecular flexibility index (Phi) is 6.61. The van der Waals surface area contributed by atoms with Crippen molar-refractivity contribution in [1.82, 2.24) is 19.2 Å². The zero-order valence-corrected chi connectivity index (χ0v) is 21.3. The van der Waals surface area contributed by atoms with Gasteiger partial charge < -0.3 is 4.90 Å². The standard InChI is InChI=1S/C28H27N5O2S/c1-4-31(22-10-6-5-7-11-22)25(34)20(3)36-28-30-29-27-32(18-21-16-14-19(2)15-17-21)26(35)23-12-8-9-13-24(23)33(27)28/h5-17,20H,4,18H2,1-3H3/t20-/m1/s1. The molecule has 0 aliphatic carbocycles. The van der Waals surface area contributed by atoms with Gasteiger partial charge in [-0.25, -0.2) is 0 Å². The van der Waals surface area contributed by atoms with Crippen molar-refractivity contribution in [3.63, 3.8) is 0 Å². The molecular formula is C28H27N5O2S. The highest BCUT2D eigenvalue weighted by atomic mass is 32.2. The average molecular weight is 498 g/mol. The first-order valence-electron chi connectivity index (χ1n) is 11.9. The number of anilines is 1. The van der Waals surface area contributed by atoms with Gasteiger partial charge in [-0.15, -0.1) is 10.2 Å². The van der Waals surface area contributed by atoms with E-state index in [0.29, 0.717) is 29.4 Å². The van der Waals surface area contributed by atoms with Crippen molar-refractivity contribution in [2.45, 2.75) is 37.7 Å². The molecule has 0 unspecified atom stereocenters. The van der Waals surface area contributed by atoms with Gasteiger partial charge in [-0.1, -0.05) is 71.9 Å². The molecule has 0 aliphatic heterocycles. The number of hydrogen-bond donors (Lipinski definition) is 0. The van der Waals surface area contributed by atoms with Crippen LogP contribution in [0.5, 0.6) is 0 Å². The quantitative estimate of drug-likeness (QED) is 0.298. The van der Waals surface area contributed by atoms with Gasteiger partial charge in [0.15, 0.2) is 5.16 Å². The number of benzene rings is 3. The molecule has 2 heterocycles. The smallest absolute Gasteiger partial charge is 0.263 e. The second-order valence-electron chi connectivity index (χ2n) is 8.69. The van der Waals surface area contributed by atoms with Gasteiger partial charge in [-0.2, -0.15) is 0 Å². The summed E-state index contributed by atoms with van der Waals surface area (Å²) in [6.07, 6.45) is 0. The fourth-order valence-corrected chi connectivity index (χ4v) is 5.25. The van der Waals surface area contributed by atoms with Crippen LogP contribution in [0.25, 0.3) is 16.7 Å². The Morgan fingerprint density at radius 2 is 1.67 bits per heavy atom. The van der Waals surface area contributed by atoms with E-state index in [4.69, 9.17) is 0 Å². The Hall–Kier alpha value is -3.91. The van der Waals surface area contributed by atoms with Crippen molar-refractivity contribution in [1.29, 1.82) is 0 Å². The van der Waals surface area contributed by atoms with Gasteiger partial charge in [0.05, 0.1) is 22.7 Å². The zero-order chi connectivity index (χ0) is 25.2. The number of fused-ring (bicyclic) bond motifs is 3. The second kappa shape index (κ2) is 9.99. The van der Waals surface area contributed by atoms with E-state index in [0.717, 1.165) is 22.3 Å². The topological polar surface area (TPSA) is 72.5 Å². The Morgan fingerprint density at radius 3 is 2.39 bits per heavy atom. The van der Waals surface area contributed by atoms with E-state index in [1.807, 2.05) is 104 Å². The van der Waals surface area contributed by atoms with Crippen LogP contribution in [0.4, 0.5) is 5.69 Å². The van der Waals surface area contributed by atoms with Crippen molar-refractivity contribution in [2.24, 2.45) is 0 Å². The minimum Gasteiger partial charge on any atom is -0.312 e. The summed E-state index contributed by atoms with van der Waals surface area (Å²) in [5.74, 6) is 0.444. The molecule has 0 radical (unpaired) electrons. The molecule has 7 nitrogen and oxygen atoms in total. The molecule has 0 fully saturated rings. The van der Waals surface area contributed by atoms with Gasteiger partial charge in [0, 0.05) is 12.2 Å². The van der Waals surface area contributed by atoms with Crippen LogP contribution in [-0.4, -0.2) is 36.9 Å². The number of para-hydroxylation sites is 2. The summed E-state index contributed by atoms with van der Waals surface area (Å²) < 4.78 is 3.54.